The number of methoxy groups -OCH3 is 1. The van der Waals surface area contributed by atoms with Crippen LogP contribution in [0.3, 0.4) is 0 Å². The molecule has 3 N–H and O–H groups in total. The number of rotatable bonds is 7. The lowest BCUT2D eigenvalue weighted by atomic mass is 9.95. The van der Waals surface area contributed by atoms with E-state index in [9.17, 15) is 14.7 Å². The molecule has 0 bridgehead atoms. The standard InChI is InChI=1S/C24H28FN3O4/c1-3-4-15(12-26)14-7-9-27(10-8-14)21-19(25)11-17-20(23(21)32-2)28(16-5-6-16)13-18(22(17)29)24(30)31/h3,11,13,16H,1,4-10,12,26H2,2H3,(H,30,31). The number of carboxylic acid groups (broad SMARTS) is 1. The first-order chi connectivity index (χ1) is 15.4. The van der Waals surface area contributed by atoms with E-state index in [2.05, 4.69) is 6.58 Å². The lowest BCUT2D eigenvalue weighted by molar-refractivity contribution is 0.0695. The van der Waals surface area contributed by atoms with Crippen LogP contribution in [0.5, 0.6) is 5.75 Å². The number of nitrogens with two attached hydrogens (primary N) is 1. The fourth-order valence-corrected chi connectivity index (χ4v) is 4.62. The molecule has 32 heavy (non-hydrogen) atoms. The minimum absolute atomic E-state index is 0.0314. The molecule has 1 aromatic heterocycles. The Morgan fingerprint density at radius 1 is 1.38 bits per heavy atom. The zero-order valence-electron chi connectivity index (χ0n) is 18.2. The van der Waals surface area contributed by atoms with Gasteiger partial charge in [-0.05, 0) is 38.2 Å². The van der Waals surface area contributed by atoms with E-state index < -0.39 is 17.2 Å². The Bertz CT molecular complexity index is 1170. The number of anilines is 1. The van der Waals surface area contributed by atoms with Crippen molar-refractivity contribution in [3.05, 3.63) is 57.7 Å². The van der Waals surface area contributed by atoms with Crippen molar-refractivity contribution < 1.29 is 19.0 Å². The number of benzene rings is 1. The first-order valence-electron chi connectivity index (χ1n) is 10.9. The van der Waals surface area contributed by atoms with E-state index in [1.165, 1.54) is 24.5 Å². The summed E-state index contributed by atoms with van der Waals surface area (Å²) in [7, 11) is 1.45. The molecule has 1 aliphatic heterocycles. The van der Waals surface area contributed by atoms with Gasteiger partial charge in [0.2, 0.25) is 5.43 Å². The first-order valence-corrected chi connectivity index (χ1v) is 10.9. The monoisotopic (exact) mass is 441 g/mol. The van der Waals surface area contributed by atoms with Crippen molar-refractivity contribution in [3.63, 3.8) is 0 Å². The van der Waals surface area contributed by atoms with Crippen molar-refractivity contribution in [2.75, 3.05) is 31.6 Å². The van der Waals surface area contributed by atoms with Gasteiger partial charge in [0.25, 0.3) is 0 Å². The predicted molar refractivity (Wildman–Crippen MR) is 122 cm³/mol. The normalized spacial score (nSPS) is 16.3. The summed E-state index contributed by atoms with van der Waals surface area (Å²) in [4.78, 5) is 26.4. The van der Waals surface area contributed by atoms with Gasteiger partial charge in [0.1, 0.15) is 11.3 Å². The summed E-state index contributed by atoms with van der Waals surface area (Å²) in [5, 5.41) is 9.50. The highest BCUT2D eigenvalue weighted by Crippen LogP contribution is 2.44. The zero-order chi connectivity index (χ0) is 23.0. The first kappa shape index (κ1) is 22.1. The van der Waals surface area contributed by atoms with Crippen LogP contribution in [0, 0.1) is 5.82 Å². The number of aromatic carboxylic acids is 1. The summed E-state index contributed by atoms with van der Waals surface area (Å²) in [5.41, 5.74) is 8.06. The molecule has 0 radical (unpaired) electrons. The van der Waals surface area contributed by atoms with Crippen molar-refractivity contribution >= 4 is 22.6 Å². The van der Waals surface area contributed by atoms with Gasteiger partial charge in [0.05, 0.1) is 18.0 Å². The molecule has 2 aliphatic rings. The van der Waals surface area contributed by atoms with Crippen LogP contribution < -0.4 is 20.8 Å². The maximum atomic E-state index is 15.4. The number of hydrogen-bond donors (Lipinski definition) is 2. The van der Waals surface area contributed by atoms with Crippen LogP contribution in [0.2, 0.25) is 0 Å². The molecule has 1 aromatic carbocycles. The number of nitrogens with zero attached hydrogens (tertiary/aromatic N) is 2. The van der Waals surface area contributed by atoms with Gasteiger partial charge in [0.15, 0.2) is 11.6 Å². The molecule has 2 fully saturated rings. The second kappa shape index (κ2) is 8.78. The van der Waals surface area contributed by atoms with Crippen LogP contribution in [-0.4, -0.2) is 42.4 Å². The molecule has 8 heteroatoms. The van der Waals surface area contributed by atoms with Gasteiger partial charge >= 0.3 is 5.97 Å². The Morgan fingerprint density at radius 3 is 2.59 bits per heavy atom. The third-order valence-corrected chi connectivity index (χ3v) is 6.39. The topological polar surface area (TPSA) is 97.8 Å². The Balaban J connectivity index is 1.83. The third kappa shape index (κ3) is 3.79. The summed E-state index contributed by atoms with van der Waals surface area (Å²) in [6.45, 7) is 5.46. The number of hydrogen-bond acceptors (Lipinski definition) is 5. The molecular formula is C24H28FN3O4. The Hall–Kier alpha value is -3.13. The van der Waals surface area contributed by atoms with Gasteiger partial charge in [-0.25, -0.2) is 9.18 Å². The van der Waals surface area contributed by atoms with Crippen LogP contribution in [0.25, 0.3) is 10.9 Å². The van der Waals surface area contributed by atoms with Gasteiger partial charge in [-0.2, -0.15) is 0 Å². The number of carboxylic acids is 1. The van der Waals surface area contributed by atoms with E-state index in [0.29, 0.717) is 30.8 Å². The summed E-state index contributed by atoms with van der Waals surface area (Å²) in [5.74, 6) is -1.63. The average Bonchev–Trinajstić information content (AvgIpc) is 3.62. The van der Waals surface area contributed by atoms with Crippen LogP contribution in [0.4, 0.5) is 10.1 Å². The Morgan fingerprint density at radius 2 is 2.06 bits per heavy atom. The average molecular weight is 442 g/mol. The van der Waals surface area contributed by atoms with E-state index in [1.54, 1.807) is 4.57 Å². The number of fused-ring (bicyclic) bond motifs is 1. The molecule has 0 amide bonds. The summed E-state index contributed by atoms with van der Waals surface area (Å²) in [6.07, 6.45) is 7.22. The molecule has 0 unspecified atom stereocenters. The molecule has 1 saturated carbocycles. The van der Waals surface area contributed by atoms with Crippen molar-refractivity contribution in [3.8, 4) is 5.75 Å². The fraction of sp³-hybridized carbons (Fsp3) is 0.417. The van der Waals surface area contributed by atoms with Crippen molar-refractivity contribution in [1.29, 1.82) is 0 Å². The van der Waals surface area contributed by atoms with E-state index in [4.69, 9.17) is 10.5 Å². The van der Waals surface area contributed by atoms with Crippen LogP contribution in [0.1, 0.15) is 48.5 Å². The minimum Gasteiger partial charge on any atom is -0.492 e. The molecular weight excluding hydrogens is 413 g/mol. The summed E-state index contributed by atoms with van der Waals surface area (Å²) < 4.78 is 22.8. The van der Waals surface area contributed by atoms with E-state index in [0.717, 1.165) is 38.2 Å². The second-order valence-electron chi connectivity index (χ2n) is 8.34. The van der Waals surface area contributed by atoms with Gasteiger partial charge in [0, 0.05) is 31.9 Å². The number of ether oxygens (including phenoxy) is 1. The molecule has 1 saturated heterocycles. The number of aromatic nitrogens is 1. The minimum atomic E-state index is -1.32. The number of pyridine rings is 1. The van der Waals surface area contributed by atoms with Gasteiger partial charge in [-0.3, -0.25) is 4.79 Å². The quantitative estimate of drug-likeness (QED) is 0.637. The van der Waals surface area contributed by atoms with Crippen molar-refractivity contribution in [1.82, 2.24) is 4.57 Å². The molecule has 170 valence electrons. The van der Waals surface area contributed by atoms with Crippen LogP contribution in [0.15, 0.2) is 40.9 Å². The van der Waals surface area contributed by atoms with Crippen LogP contribution in [-0.2, 0) is 0 Å². The second-order valence-corrected chi connectivity index (χ2v) is 8.34. The number of allylic oxidation sites excluding steroid dienone is 1. The zero-order valence-corrected chi connectivity index (χ0v) is 18.2. The SMILES string of the molecule is C=CCC(CN)=C1CCN(c2c(F)cc3c(=O)c(C(=O)O)cn(C4CC4)c3c2OC)CC1. The molecule has 0 atom stereocenters. The maximum Gasteiger partial charge on any atom is 0.341 e. The highest BCUT2D eigenvalue weighted by molar-refractivity contribution is 5.97. The molecule has 2 heterocycles. The van der Waals surface area contributed by atoms with E-state index >= 15 is 4.39 Å². The molecule has 7 nitrogen and oxygen atoms in total. The van der Waals surface area contributed by atoms with Gasteiger partial charge in [-0.15, -0.1) is 6.58 Å². The Kier molecular flexibility index (Phi) is 6.06. The smallest absolute Gasteiger partial charge is 0.341 e. The van der Waals surface area contributed by atoms with Crippen LogP contribution >= 0.6 is 0 Å². The van der Waals surface area contributed by atoms with Gasteiger partial charge in [-0.1, -0.05) is 17.2 Å². The van der Waals surface area contributed by atoms with Crippen molar-refractivity contribution in [2.45, 2.75) is 38.1 Å². The lowest BCUT2D eigenvalue weighted by Gasteiger charge is -2.33. The maximum absolute atomic E-state index is 15.4. The summed E-state index contributed by atoms with van der Waals surface area (Å²) >= 11 is 0. The number of halogens is 1. The summed E-state index contributed by atoms with van der Waals surface area (Å²) in [6, 6.07) is 1.24. The van der Waals surface area contributed by atoms with Crippen molar-refractivity contribution in [2.24, 2.45) is 5.73 Å². The lowest BCUT2D eigenvalue weighted by Crippen LogP contribution is -2.33. The molecule has 1 aliphatic carbocycles. The van der Waals surface area contributed by atoms with Gasteiger partial charge < -0.3 is 25.0 Å². The highest BCUT2D eigenvalue weighted by Gasteiger charge is 2.32. The highest BCUT2D eigenvalue weighted by atomic mass is 19.1. The predicted octanol–water partition coefficient (Wildman–Crippen LogP) is 3.61. The third-order valence-electron chi connectivity index (χ3n) is 6.39. The van der Waals surface area contributed by atoms with E-state index in [-0.39, 0.29) is 22.7 Å². The van der Waals surface area contributed by atoms with E-state index in [1.807, 2.05) is 11.0 Å². The largest absolute Gasteiger partial charge is 0.492 e. The number of piperidine rings is 1. The number of carbonyl (C=O) groups is 1. The molecule has 2 aromatic rings. The fourth-order valence-electron chi connectivity index (χ4n) is 4.62. The Labute approximate surface area is 185 Å². The molecule has 0 spiro atoms. The molecule has 4 rings (SSSR count).